The predicted octanol–water partition coefficient (Wildman–Crippen LogP) is 0.485. The zero-order chi connectivity index (χ0) is 15.9. The van der Waals surface area contributed by atoms with Gasteiger partial charge in [0.1, 0.15) is 0 Å². The van der Waals surface area contributed by atoms with Crippen LogP contribution in [-0.2, 0) is 14.4 Å². The maximum Gasteiger partial charge on any atom is 0.221 e. The highest BCUT2D eigenvalue weighted by Crippen LogP contribution is 2.34. The molecule has 2 atom stereocenters. The molecular weight excluding hydrogens is 258 g/mol. The van der Waals surface area contributed by atoms with Gasteiger partial charge >= 0.3 is 0 Å². The van der Waals surface area contributed by atoms with Crippen LogP contribution in [0.3, 0.4) is 0 Å². The third-order valence-electron chi connectivity index (χ3n) is 3.54. The minimum atomic E-state index is -0.504. The summed E-state index contributed by atoms with van der Waals surface area (Å²) in [6, 6.07) is 0. The monoisotopic (exact) mass is 284 g/mol. The van der Waals surface area contributed by atoms with Gasteiger partial charge in [0, 0.05) is 18.8 Å². The maximum atomic E-state index is 11.7. The molecule has 6 heteroatoms. The molecule has 0 saturated heterocycles. The van der Waals surface area contributed by atoms with E-state index in [1.807, 2.05) is 13.8 Å². The largest absolute Gasteiger partial charge is 0.370 e. The topological polar surface area (TPSA) is 129 Å². The third-order valence-corrected chi connectivity index (χ3v) is 3.54. The highest BCUT2D eigenvalue weighted by Gasteiger charge is 2.34. The minimum Gasteiger partial charge on any atom is -0.370 e. The van der Waals surface area contributed by atoms with Crippen LogP contribution >= 0.6 is 0 Å². The fourth-order valence-corrected chi connectivity index (χ4v) is 2.60. The average molecular weight is 284 g/mol. The van der Waals surface area contributed by atoms with E-state index < -0.39 is 17.7 Å². The van der Waals surface area contributed by atoms with E-state index in [0.717, 1.165) is 0 Å². The van der Waals surface area contributed by atoms with Crippen molar-refractivity contribution in [3.63, 3.8) is 0 Å². The second kappa shape index (κ2) is 8.55. The molecule has 1 radical (unpaired) electrons. The summed E-state index contributed by atoms with van der Waals surface area (Å²) in [5.74, 6) is -0.941. The Morgan fingerprint density at radius 2 is 1.55 bits per heavy atom. The van der Waals surface area contributed by atoms with Gasteiger partial charge in [-0.15, -0.1) is 0 Å². The first kappa shape index (κ1) is 18.4. The number of carbonyl (C=O) groups excluding carboxylic acids is 3. The fourth-order valence-electron chi connectivity index (χ4n) is 2.60. The lowest BCUT2D eigenvalue weighted by Crippen LogP contribution is -2.37. The van der Waals surface area contributed by atoms with Gasteiger partial charge in [-0.1, -0.05) is 20.8 Å². The molecule has 0 fully saturated rings. The van der Waals surface area contributed by atoms with E-state index in [1.165, 1.54) is 0 Å². The summed E-state index contributed by atoms with van der Waals surface area (Å²) in [5.41, 5.74) is 15.8. The summed E-state index contributed by atoms with van der Waals surface area (Å²) in [6.07, 6.45) is 1.59. The first-order chi connectivity index (χ1) is 9.16. The summed E-state index contributed by atoms with van der Waals surface area (Å²) >= 11 is 0. The molecule has 0 bridgehead atoms. The van der Waals surface area contributed by atoms with Crippen molar-refractivity contribution in [3.8, 4) is 0 Å². The van der Waals surface area contributed by atoms with Crippen LogP contribution in [0.2, 0.25) is 0 Å². The molecule has 3 amide bonds. The zero-order valence-corrected chi connectivity index (χ0v) is 12.5. The van der Waals surface area contributed by atoms with E-state index >= 15 is 0 Å². The summed E-state index contributed by atoms with van der Waals surface area (Å²) < 4.78 is 0. The van der Waals surface area contributed by atoms with Crippen LogP contribution in [0.25, 0.3) is 0 Å². The van der Waals surface area contributed by atoms with E-state index in [4.69, 9.17) is 17.2 Å². The lowest BCUT2D eigenvalue weighted by molar-refractivity contribution is -0.124. The van der Waals surface area contributed by atoms with Crippen molar-refractivity contribution >= 4 is 17.7 Å². The Kier molecular flexibility index (Phi) is 7.87. The Hall–Kier alpha value is -1.59. The quantitative estimate of drug-likeness (QED) is 0.539. The summed E-state index contributed by atoms with van der Waals surface area (Å²) in [4.78, 5) is 33.5. The Balaban J connectivity index is 4.90. The van der Waals surface area contributed by atoms with Crippen molar-refractivity contribution in [3.05, 3.63) is 5.92 Å². The number of amides is 3. The van der Waals surface area contributed by atoms with Crippen LogP contribution in [0.4, 0.5) is 0 Å². The highest BCUT2D eigenvalue weighted by molar-refractivity contribution is 5.82. The Morgan fingerprint density at radius 3 is 1.90 bits per heavy atom. The highest BCUT2D eigenvalue weighted by atomic mass is 16.2. The molecule has 0 aromatic heterocycles. The minimum absolute atomic E-state index is 0.0220. The number of primary amides is 3. The van der Waals surface area contributed by atoms with Crippen LogP contribution in [0.1, 0.15) is 46.5 Å². The molecule has 0 aliphatic heterocycles. The fraction of sp³-hybridized carbons (Fsp3) is 0.714. The standard InChI is InChI=1S/C14H26N3O3/c1-8(2)10(5-4-6-11(15)18)13(14(17)20)9(3)7-12(16)19/h8,10,13H,4-7H2,1-3H3,(H2,15,18)(H2,16,19)(H2,17,20). The predicted molar refractivity (Wildman–Crippen MR) is 76.8 cm³/mol. The van der Waals surface area contributed by atoms with Gasteiger partial charge in [-0.25, -0.2) is 0 Å². The smallest absolute Gasteiger partial charge is 0.221 e. The van der Waals surface area contributed by atoms with Gasteiger partial charge in [-0.2, -0.15) is 0 Å². The third kappa shape index (κ3) is 6.54. The van der Waals surface area contributed by atoms with Gasteiger partial charge in [-0.05, 0) is 30.6 Å². The molecule has 6 N–H and O–H groups in total. The van der Waals surface area contributed by atoms with E-state index in [9.17, 15) is 14.4 Å². The molecule has 0 rings (SSSR count). The summed E-state index contributed by atoms with van der Waals surface area (Å²) in [7, 11) is 0. The Morgan fingerprint density at radius 1 is 1.00 bits per heavy atom. The van der Waals surface area contributed by atoms with Crippen LogP contribution < -0.4 is 17.2 Å². The molecule has 0 spiro atoms. The van der Waals surface area contributed by atoms with Crippen molar-refractivity contribution in [2.45, 2.75) is 46.5 Å². The van der Waals surface area contributed by atoms with Crippen molar-refractivity contribution in [1.29, 1.82) is 0 Å². The first-order valence-corrected chi connectivity index (χ1v) is 6.85. The number of rotatable bonds is 10. The van der Waals surface area contributed by atoms with Gasteiger partial charge in [0.2, 0.25) is 17.7 Å². The van der Waals surface area contributed by atoms with Gasteiger partial charge < -0.3 is 17.2 Å². The SMILES string of the molecule is C[C](CC(N)=O)C(C(N)=O)C(CCCC(N)=O)C(C)C. The van der Waals surface area contributed by atoms with Crippen molar-refractivity contribution in [2.75, 3.05) is 0 Å². The normalized spacial score (nSPS) is 14.2. The van der Waals surface area contributed by atoms with E-state index in [0.29, 0.717) is 18.8 Å². The van der Waals surface area contributed by atoms with E-state index in [2.05, 4.69) is 0 Å². The average Bonchev–Trinajstić information content (AvgIpc) is 2.24. The van der Waals surface area contributed by atoms with Gasteiger partial charge in [0.15, 0.2) is 0 Å². The van der Waals surface area contributed by atoms with Crippen LogP contribution in [0.5, 0.6) is 0 Å². The lowest BCUT2D eigenvalue weighted by Gasteiger charge is -2.31. The zero-order valence-electron chi connectivity index (χ0n) is 12.5. The molecule has 20 heavy (non-hydrogen) atoms. The molecular formula is C14H26N3O3. The molecule has 2 unspecified atom stereocenters. The van der Waals surface area contributed by atoms with Crippen molar-refractivity contribution in [2.24, 2.45) is 35.0 Å². The summed E-state index contributed by atoms with van der Waals surface area (Å²) in [6.45, 7) is 5.70. The van der Waals surface area contributed by atoms with Crippen molar-refractivity contribution < 1.29 is 14.4 Å². The first-order valence-electron chi connectivity index (χ1n) is 6.85. The Labute approximate surface area is 120 Å². The van der Waals surface area contributed by atoms with Gasteiger partial charge in [0.25, 0.3) is 0 Å². The second-order valence-corrected chi connectivity index (χ2v) is 5.64. The van der Waals surface area contributed by atoms with Gasteiger partial charge in [0.05, 0.1) is 0 Å². The van der Waals surface area contributed by atoms with Crippen molar-refractivity contribution in [1.82, 2.24) is 0 Å². The molecule has 0 aromatic carbocycles. The molecule has 0 heterocycles. The van der Waals surface area contributed by atoms with E-state index in [1.54, 1.807) is 6.92 Å². The number of carbonyl (C=O) groups is 3. The molecule has 115 valence electrons. The maximum absolute atomic E-state index is 11.7. The molecule has 0 aliphatic rings. The molecule has 0 aliphatic carbocycles. The molecule has 6 nitrogen and oxygen atoms in total. The van der Waals surface area contributed by atoms with Crippen LogP contribution in [0.15, 0.2) is 0 Å². The van der Waals surface area contributed by atoms with Crippen LogP contribution in [0, 0.1) is 23.7 Å². The molecule has 0 aromatic rings. The summed E-state index contributed by atoms with van der Waals surface area (Å²) in [5, 5.41) is 0. The Bertz CT molecular complexity index is 356. The van der Waals surface area contributed by atoms with Crippen LogP contribution in [-0.4, -0.2) is 17.7 Å². The van der Waals surface area contributed by atoms with Gasteiger partial charge in [-0.3, -0.25) is 14.4 Å². The van der Waals surface area contributed by atoms with E-state index in [-0.39, 0.29) is 30.6 Å². The second-order valence-electron chi connectivity index (χ2n) is 5.64. The molecule has 0 saturated carbocycles. The number of hydrogen-bond donors (Lipinski definition) is 3. The lowest BCUT2D eigenvalue weighted by atomic mass is 9.72. The number of hydrogen-bond acceptors (Lipinski definition) is 3. The number of nitrogens with two attached hydrogens (primary N) is 3.